The molecule has 0 radical (unpaired) electrons. The van der Waals surface area contributed by atoms with E-state index in [4.69, 9.17) is 0 Å². The molecule has 0 spiro atoms. The average Bonchev–Trinajstić information content (AvgIpc) is 2.69. The number of piperidine rings is 1. The van der Waals surface area contributed by atoms with Crippen LogP contribution in [-0.4, -0.2) is 49.4 Å². The molecule has 156 valence electrons. The van der Waals surface area contributed by atoms with Gasteiger partial charge in [-0.15, -0.1) is 0 Å². The van der Waals surface area contributed by atoms with Gasteiger partial charge in [-0.25, -0.2) is 12.8 Å². The molecule has 3 rings (SSSR count). The molecule has 2 aromatic carbocycles. The number of hydrogen-bond acceptors (Lipinski definition) is 3. The van der Waals surface area contributed by atoms with Gasteiger partial charge in [0, 0.05) is 19.6 Å². The summed E-state index contributed by atoms with van der Waals surface area (Å²) in [6, 6.07) is 16.0. The maximum atomic E-state index is 13.1. The van der Waals surface area contributed by atoms with Crippen LogP contribution in [0.1, 0.15) is 24.0 Å². The van der Waals surface area contributed by atoms with E-state index in [9.17, 15) is 17.6 Å². The number of carbonyl (C=O) groups excluding carboxylic acids is 1. The van der Waals surface area contributed by atoms with Gasteiger partial charge in [0.15, 0.2) is 0 Å². The smallest absolute Gasteiger partial charge is 0.237 e. The number of rotatable bonds is 7. The van der Waals surface area contributed by atoms with Crippen molar-refractivity contribution >= 4 is 15.9 Å². The second-order valence-corrected chi connectivity index (χ2v) is 9.65. The summed E-state index contributed by atoms with van der Waals surface area (Å²) in [7, 11) is -3.57. The molecule has 0 bridgehead atoms. The van der Waals surface area contributed by atoms with E-state index in [1.807, 2.05) is 18.2 Å². The third-order valence-electron chi connectivity index (χ3n) is 5.39. The van der Waals surface area contributed by atoms with Gasteiger partial charge in [-0.1, -0.05) is 42.5 Å². The zero-order valence-corrected chi connectivity index (χ0v) is 17.4. The van der Waals surface area contributed by atoms with Gasteiger partial charge in [0.25, 0.3) is 0 Å². The van der Waals surface area contributed by atoms with Crippen LogP contribution in [0.25, 0.3) is 0 Å². The molecule has 1 fully saturated rings. The monoisotopic (exact) mass is 418 g/mol. The lowest BCUT2D eigenvalue weighted by atomic mass is 9.90. The van der Waals surface area contributed by atoms with E-state index in [1.165, 1.54) is 29.8 Å². The van der Waals surface area contributed by atoms with Crippen LogP contribution in [0.2, 0.25) is 0 Å². The zero-order valence-electron chi connectivity index (χ0n) is 16.6. The Morgan fingerprint density at radius 1 is 1.03 bits per heavy atom. The number of amides is 1. The van der Waals surface area contributed by atoms with E-state index in [0.29, 0.717) is 24.6 Å². The Bertz CT molecular complexity index is 909. The Morgan fingerprint density at radius 3 is 2.24 bits per heavy atom. The standard InChI is InChI=1S/C22H27FN2O3S/c1-29(27,28)25(16-20-7-9-21(23)10-8-20)17-22(26)24-13-11-19(12-14-24)15-18-5-3-2-4-6-18/h2-10,19H,11-17H2,1H3. The fourth-order valence-electron chi connectivity index (χ4n) is 3.67. The van der Waals surface area contributed by atoms with Crippen LogP contribution in [-0.2, 0) is 27.8 Å². The molecule has 2 aromatic rings. The van der Waals surface area contributed by atoms with Crippen molar-refractivity contribution in [2.45, 2.75) is 25.8 Å². The highest BCUT2D eigenvalue weighted by Gasteiger charge is 2.27. The summed E-state index contributed by atoms with van der Waals surface area (Å²) in [6.45, 7) is 1.14. The Kier molecular flexibility index (Phi) is 7.03. The second-order valence-electron chi connectivity index (χ2n) is 7.67. The van der Waals surface area contributed by atoms with Crippen LogP contribution < -0.4 is 0 Å². The van der Waals surface area contributed by atoms with Crippen molar-refractivity contribution in [3.05, 3.63) is 71.5 Å². The van der Waals surface area contributed by atoms with Crippen LogP contribution in [0.3, 0.4) is 0 Å². The number of nitrogens with zero attached hydrogens (tertiary/aromatic N) is 2. The minimum absolute atomic E-state index is 0.0509. The zero-order chi connectivity index (χ0) is 20.9. The average molecular weight is 419 g/mol. The van der Waals surface area contributed by atoms with Gasteiger partial charge in [-0.2, -0.15) is 4.31 Å². The van der Waals surface area contributed by atoms with E-state index in [1.54, 1.807) is 4.90 Å². The van der Waals surface area contributed by atoms with Gasteiger partial charge in [0.2, 0.25) is 15.9 Å². The quantitative estimate of drug-likeness (QED) is 0.694. The van der Waals surface area contributed by atoms with Crippen molar-refractivity contribution in [2.75, 3.05) is 25.9 Å². The number of halogens is 1. The highest BCUT2D eigenvalue weighted by Crippen LogP contribution is 2.22. The third-order valence-corrected chi connectivity index (χ3v) is 6.58. The molecule has 1 heterocycles. The van der Waals surface area contributed by atoms with Crippen LogP contribution in [0.4, 0.5) is 4.39 Å². The summed E-state index contributed by atoms with van der Waals surface area (Å²) in [6.07, 6.45) is 3.92. The molecule has 1 amide bonds. The number of likely N-dealkylation sites (tertiary alicyclic amines) is 1. The Hall–Kier alpha value is -2.25. The molecule has 0 aromatic heterocycles. The van der Waals surface area contributed by atoms with Gasteiger partial charge in [0.1, 0.15) is 5.82 Å². The molecule has 7 heteroatoms. The molecule has 0 saturated carbocycles. The SMILES string of the molecule is CS(=O)(=O)N(CC(=O)N1CCC(Cc2ccccc2)CC1)Cc1ccc(F)cc1. The highest BCUT2D eigenvalue weighted by molar-refractivity contribution is 7.88. The van der Waals surface area contributed by atoms with Crippen LogP contribution in [0.5, 0.6) is 0 Å². The first kappa shape index (κ1) is 21.5. The summed E-state index contributed by atoms with van der Waals surface area (Å²) in [4.78, 5) is 14.5. The van der Waals surface area contributed by atoms with Crippen LogP contribution in [0.15, 0.2) is 54.6 Å². The molecule has 1 aliphatic heterocycles. The molecule has 0 unspecified atom stereocenters. The third kappa shape index (κ3) is 6.37. The van der Waals surface area contributed by atoms with E-state index in [-0.39, 0.29) is 24.8 Å². The Labute approximate surface area is 172 Å². The summed E-state index contributed by atoms with van der Waals surface area (Å²) >= 11 is 0. The lowest BCUT2D eigenvalue weighted by Crippen LogP contribution is -2.45. The van der Waals surface area contributed by atoms with Gasteiger partial charge >= 0.3 is 0 Å². The van der Waals surface area contributed by atoms with Gasteiger partial charge in [-0.05, 0) is 48.4 Å². The second kappa shape index (κ2) is 9.50. The van der Waals surface area contributed by atoms with E-state index < -0.39 is 10.0 Å². The highest BCUT2D eigenvalue weighted by atomic mass is 32.2. The Morgan fingerprint density at radius 2 is 1.66 bits per heavy atom. The minimum Gasteiger partial charge on any atom is -0.342 e. The van der Waals surface area contributed by atoms with Crippen molar-refractivity contribution in [2.24, 2.45) is 5.92 Å². The number of carbonyl (C=O) groups is 1. The van der Waals surface area contributed by atoms with Crippen molar-refractivity contribution in [1.29, 1.82) is 0 Å². The van der Waals surface area contributed by atoms with E-state index in [0.717, 1.165) is 29.8 Å². The normalized spacial score (nSPS) is 15.6. The largest absolute Gasteiger partial charge is 0.342 e. The lowest BCUT2D eigenvalue weighted by molar-refractivity contribution is -0.132. The van der Waals surface area contributed by atoms with Gasteiger partial charge in [-0.3, -0.25) is 4.79 Å². The van der Waals surface area contributed by atoms with Gasteiger partial charge < -0.3 is 4.90 Å². The first-order valence-corrected chi connectivity index (χ1v) is 11.7. The number of hydrogen-bond donors (Lipinski definition) is 0. The fourth-order valence-corrected chi connectivity index (χ4v) is 4.40. The topological polar surface area (TPSA) is 57.7 Å². The number of sulfonamides is 1. The van der Waals surface area contributed by atoms with Crippen molar-refractivity contribution in [3.8, 4) is 0 Å². The summed E-state index contributed by atoms with van der Waals surface area (Å²) in [5.74, 6) is -0.0310. The fraction of sp³-hybridized carbons (Fsp3) is 0.409. The van der Waals surface area contributed by atoms with Gasteiger partial charge in [0.05, 0.1) is 12.8 Å². The molecule has 0 N–H and O–H groups in total. The van der Waals surface area contributed by atoms with E-state index >= 15 is 0 Å². The molecule has 0 atom stereocenters. The van der Waals surface area contributed by atoms with Crippen LogP contribution >= 0.6 is 0 Å². The number of benzene rings is 2. The first-order chi connectivity index (χ1) is 13.8. The van der Waals surface area contributed by atoms with Crippen molar-refractivity contribution in [1.82, 2.24) is 9.21 Å². The summed E-state index contributed by atoms with van der Waals surface area (Å²) < 4.78 is 38.6. The van der Waals surface area contributed by atoms with E-state index in [2.05, 4.69) is 12.1 Å². The molecule has 5 nitrogen and oxygen atoms in total. The predicted molar refractivity (Wildman–Crippen MR) is 111 cm³/mol. The first-order valence-electron chi connectivity index (χ1n) is 9.82. The molecular weight excluding hydrogens is 391 g/mol. The molecule has 1 aliphatic rings. The summed E-state index contributed by atoms with van der Waals surface area (Å²) in [5.41, 5.74) is 1.95. The molecule has 29 heavy (non-hydrogen) atoms. The van der Waals surface area contributed by atoms with Crippen LogP contribution in [0, 0.1) is 11.7 Å². The molecule has 1 saturated heterocycles. The molecular formula is C22H27FN2O3S. The lowest BCUT2D eigenvalue weighted by Gasteiger charge is -2.33. The minimum atomic E-state index is -3.57. The van der Waals surface area contributed by atoms with Crippen molar-refractivity contribution < 1.29 is 17.6 Å². The summed E-state index contributed by atoms with van der Waals surface area (Å²) in [5, 5.41) is 0. The Balaban J connectivity index is 1.55. The maximum Gasteiger partial charge on any atom is 0.237 e. The predicted octanol–water partition coefficient (Wildman–Crippen LogP) is 3.07. The molecule has 0 aliphatic carbocycles. The van der Waals surface area contributed by atoms with Crippen molar-refractivity contribution in [3.63, 3.8) is 0 Å². The maximum absolute atomic E-state index is 13.1.